The molecule has 1 amide bonds. The third kappa shape index (κ3) is 2.20. The first-order valence-corrected chi connectivity index (χ1v) is 7.17. The summed E-state index contributed by atoms with van der Waals surface area (Å²) in [5, 5.41) is 3.04. The summed E-state index contributed by atoms with van der Waals surface area (Å²) in [6.07, 6.45) is 1.71. The van der Waals surface area contributed by atoms with Gasteiger partial charge in [-0.15, -0.1) is 17.9 Å². The first-order chi connectivity index (χ1) is 9.69. The maximum absolute atomic E-state index is 11.9. The monoisotopic (exact) mass is 286 g/mol. The van der Waals surface area contributed by atoms with Gasteiger partial charge in [0.15, 0.2) is 6.61 Å². The van der Waals surface area contributed by atoms with Gasteiger partial charge in [0.05, 0.1) is 16.4 Å². The molecule has 0 radical (unpaired) electrons. The number of amides is 1. The minimum absolute atomic E-state index is 0.0518. The van der Waals surface area contributed by atoms with E-state index in [9.17, 15) is 4.79 Å². The van der Waals surface area contributed by atoms with Crippen molar-refractivity contribution in [2.75, 3.05) is 18.1 Å². The van der Waals surface area contributed by atoms with Crippen molar-refractivity contribution in [1.82, 2.24) is 4.98 Å². The Bertz CT molecular complexity index is 678. The fourth-order valence-corrected chi connectivity index (χ4v) is 2.81. The van der Waals surface area contributed by atoms with Crippen molar-refractivity contribution in [3.05, 3.63) is 41.2 Å². The first kappa shape index (κ1) is 12.9. The van der Waals surface area contributed by atoms with E-state index in [2.05, 4.69) is 11.6 Å². The van der Waals surface area contributed by atoms with Crippen molar-refractivity contribution in [3.8, 4) is 17.0 Å². The highest BCUT2D eigenvalue weighted by atomic mass is 32.1. The number of hydrogen-bond acceptors (Lipinski definition) is 4. The molecule has 1 aliphatic heterocycles. The molecule has 0 aliphatic carbocycles. The molecule has 5 heteroatoms. The van der Waals surface area contributed by atoms with E-state index in [-0.39, 0.29) is 12.5 Å². The fraction of sp³-hybridized carbons (Fsp3) is 0.200. The van der Waals surface area contributed by atoms with Gasteiger partial charge < -0.3 is 9.64 Å². The summed E-state index contributed by atoms with van der Waals surface area (Å²) in [4.78, 5) is 18.1. The molecule has 0 spiro atoms. The van der Waals surface area contributed by atoms with Crippen LogP contribution in [0.5, 0.6) is 5.75 Å². The van der Waals surface area contributed by atoms with E-state index in [4.69, 9.17) is 4.74 Å². The number of fused-ring (bicyclic) bond motifs is 1. The number of rotatable bonds is 3. The van der Waals surface area contributed by atoms with Gasteiger partial charge in [-0.25, -0.2) is 4.98 Å². The molecule has 1 aliphatic rings. The normalized spacial score (nSPS) is 13.8. The fourth-order valence-electron chi connectivity index (χ4n) is 2.19. The van der Waals surface area contributed by atoms with Crippen molar-refractivity contribution in [1.29, 1.82) is 0 Å². The lowest BCUT2D eigenvalue weighted by atomic mass is 10.1. The van der Waals surface area contributed by atoms with E-state index in [1.54, 1.807) is 22.3 Å². The molecule has 4 nitrogen and oxygen atoms in total. The lowest BCUT2D eigenvalue weighted by Crippen LogP contribution is -2.38. The highest BCUT2D eigenvalue weighted by Crippen LogP contribution is 2.36. The quantitative estimate of drug-likeness (QED) is 0.814. The van der Waals surface area contributed by atoms with Crippen LogP contribution in [0.25, 0.3) is 11.3 Å². The average Bonchev–Trinajstić information content (AvgIpc) is 2.88. The van der Waals surface area contributed by atoms with Crippen molar-refractivity contribution in [2.24, 2.45) is 0 Å². The zero-order valence-corrected chi connectivity index (χ0v) is 11.9. The van der Waals surface area contributed by atoms with Gasteiger partial charge in [0.2, 0.25) is 0 Å². The molecule has 2 aromatic rings. The molecule has 2 heterocycles. The van der Waals surface area contributed by atoms with Crippen LogP contribution >= 0.6 is 11.3 Å². The van der Waals surface area contributed by atoms with Crippen molar-refractivity contribution in [2.45, 2.75) is 6.92 Å². The van der Waals surface area contributed by atoms with Crippen LogP contribution in [0.15, 0.2) is 36.2 Å². The Hall–Kier alpha value is -2.14. The Morgan fingerprint density at radius 2 is 2.40 bits per heavy atom. The van der Waals surface area contributed by atoms with Crippen LogP contribution in [0.1, 0.15) is 5.01 Å². The van der Waals surface area contributed by atoms with Crippen molar-refractivity contribution < 1.29 is 9.53 Å². The molecule has 1 aromatic carbocycles. The van der Waals surface area contributed by atoms with E-state index < -0.39 is 0 Å². The number of benzene rings is 1. The SMILES string of the molecule is C=CCN1C(=O)COc2ccc(-c3csc(C)n3)cc21. The zero-order valence-electron chi connectivity index (χ0n) is 11.1. The number of carbonyl (C=O) groups excluding carboxylic acids is 1. The lowest BCUT2D eigenvalue weighted by Gasteiger charge is -2.28. The van der Waals surface area contributed by atoms with Crippen LogP contribution in [-0.2, 0) is 4.79 Å². The third-order valence-electron chi connectivity index (χ3n) is 3.13. The number of ether oxygens (including phenoxy) is 1. The number of anilines is 1. The van der Waals surface area contributed by atoms with Crippen LogP contribution in [0.3, 0.4) is 0 Å². The second kappa shape index (κ2) is 5.09. The maximum Gasteiger partial charge on any atom is 0.265 e. The number of aryl methyl sites for hydroxylation is 1. The molecule has 0 fully saturated rings. The molecule has 1 aromatic heterocycles. The highest BCUT2D eigenvalue weighted by molar-refractivity contribution is 7.09. The summed E-state index contributed by atoms with van der Waals surface area (Å²) in [6.45, 7) is 6.24. The largest absolute Gasteiger partial charge is 0.482 e. The van der Waals surface area contributed by atoms with Crippen LogP contribution in [-0.4, -0.2) is 24.0 Å². The van der Waals surface area contributed by atoms with Gasteiger partial charge in [-0.2, -0.15) is 0 Å². The van der Waals surface area contributed by atoms with Crippen molar-refractivity contribution in [3.63, 3.8) is 0 Å². The van der Waals surface area contributed by atoms with E-state index in [0.29, 0.717) is 6.54 Å². The van der Waals surface area contributed by atoms with Gasteiger partial charge in [-0.1, -0.05) is 6.08 Å². The summed E-state index contributed by atoms with van der Waals surface area (Å²) in [7, 11) is 0. The molecule has 0 unspecified atom stereocenters. The van der Waals surface area contributed by atoms with Gasteiger partial charge in [0.1, 0.15) is 5.75 Å². The summed E-state index contributed by atoms with van der Waals surface area (Å²) in [5.74, 6) is 0.672. The summed E-state index contributed by atoms with van der Waals surface area (Å²) < 4.78 is 5.47. The van der Waals surface area contributed by atoms with Gasteiger partial charge in [-0.05, 0) is 25.1 Å². The summed E-state index contributed by atoms with van der Waals surface area (Å²) in [5.41, 5.74) is 2.69. The van der Waals surface area contributed by atoms with Gasteiger partial charge in [0.25, 0.3) is 5.91 Å². The smallest absolute Gasteiger partial charge is 0.265 e. The predicted octanol–water partition coefficient (Wildman–Crippen LogP) is 3.03. The Balaban J connectivity index is 2.06. The predicted molar refractivity (Wildman–Crippen MR) is 80.3 cm³/mol. The minimum atomic E-state index is -0.0518. The number of hydrogen-bond donors (Lipinski definition) is 0. The van der Waals surface area contributed by atoms with Gasteiger partial charge in [-0.3, -0.25) is 4.79 Å². The maximum atomic E-state index is 11.9. The number of nitrogens with zero attached hydrogens (tertiary/aromatic N) is 2. The molecular weight excluding hydrogens is 272 g/mol. The standard InChI is InChI=1S/C15H14N2O2S/c1-3-6-17-13-7-11(12-9-20-10(2)16-12)4-5-14(13)19-8-15(17)18/h3-5,7,9H,1,6,8H2,2H3. The molecule has 0 bridgehead atoms. The van der Waals surface area contributed by atoms with E-state index in [1.165, 1.54) is 0 Å². The van der Waals surface area contributed by atoms with Crippen LogP contribution in [0.2, 0.25) is 0 Å². The van der Waals surface area contributed by atoms with Crippen LogP contribution in [0.4, 0.5) is 5.69 Å². The summed E-state index contributed by atoms with van der Waals surface area (Å²) >= 11 is 1.61. The first-order valence-electron chi connectivity index (χ1n) is 6.29. The Morgan fingerprint density at radius 1 is 1.55 bits per heavy atom. The van der Waals surface area contributed by atoms with Crippen LogP contribution in [0, 0.1) is 6.92 Å². The summed E-state index contributed by atoms with van der Waals surface area (Å²) in [6, 6.07) is 5.81. The van der Waals surface area contributed by atoms with E-state index >= 15 is 0 Å². The average molecular weight is 286 g/mol. The van der Waals surface area contributed by atoms with E-state index in [1.807, 2.05) is 30.5 Å². The minimum Gasteiger partial charge on any atom is -0.482 e. The second-order valence-electron chi connectivity index (χ2n) is 4.52. The van der Waals surface area contributed by atoms with E-state index in [0.717, 1.165) is 27.7 Å². The zero-order chi connectivity index (χ0) is 14.1. The molecular formula is C15H14N2O2S. The number of carbonyl (C=O) groups is 1. The third-order valence-corrected chi connectivity index (χ3v) is 3.90. The molecule has 102 valence electrons. The molecule has 0 saturated heterocycles. The highest BCUT2D eigenvalue weighted by Gasteiger charge is 2.25. The van der Waals surface area contributed by atoms with Crippen LogP contribution < -0.4 is 9.64 Å². The second-order valence-corrected chi connectivity index (χ2v) is 5.58. The topological polar surface area (TPSA) is 42.4 Å². The lowest BCUT2D eigenvalue weighted by molar-refractivity contribution is -0.121. The van der Waals surface area contributed by atoms with Gasteiger partial charge in [0, 0.05) is 17.5 Å². The van der Waals surface area contributed by atoms with Gasteiger partial charge >= 0.3 is 0 Å². The Kier molecular flexibility index (Phi) is 3.28. The molecule has 20 heavy (non-hydrogen) atoms. The number of aromatic nitrogens is 1. The number of thiazole rings is 1. The molecule has 0 N–H and O–H groups in total. The Morgan fingerprint density at radius 3 is 3.10 bits per heavy atom. The van der Waals surface area contributed by atoms with Crippen molar-refractivity contribution >= 4 is 22.9 Å². The molecule has 3 rings (SSSR count). The Labute approximate surface area is 121 Å². The molecule has 0 atom stereocenters. The molecule has 0 saturated carbocycles.